The Balaban J connectivity index is 1.51. The third-order valence-electron chi connectivity index (χ3n) is 5.32. The predicted molar refractivity (Wildman–Crippen MR) is 120 cm³/mol. The van der Waals surface area contributed by atoms with Crippen LogP contribution >= 0.6 is 11.8 Å². The van der Waals surface area contributed by atoms with Gasteiger partial charge in [-0.2, -0.15) is 0 Å². The Labute approximate surface area is 192 Å². The highest BCUT2D eigenvalue weighted by atomic mass is 32.2. The van der Waals surface area contributed by atoms with Gasteiger partial charge < -0.3 is 15.1 Å². The number of thioether (sulfide) groups is 1. The molecule has 2 N–H and O–H groups in total. The number of rotatable bonds is 8. The van der Waals surface area contributed by atoms with Crippen LogP contribution in [0.2, 0.25) is 0 Å². The molecule has 0 bridgehead atoms. The minimum Gasteiger partial charge on any atom is -0.414 e. The van der Waals surface area contributed by atoms with Gasteiger partial charge in [-0.3, -0.25) is 23.5 Å². The molecule has 0 atom stereocenters. The SMILES string of the molecule is Cn1c(=O)c(C(=O)CSc2nnc(CN3CCCC3=O)o2)c(N)n(Cc2ccccc2)c1=O. The Kier molecular flexibility index (Phi) is 6.45. The fraction of sp³-hybridized carbons (Fsp3) is 0.333. The molecule has 3 heterocycles. The van der Waals surface area contributed by atoms with E-state index in [1.165, 1.54) is 11.6 Å². The van der Waals surface area contributed by atoms with E-state index < -0.39 is 17.0 Å². The molecular formula is C21H22N6O5S. The van der Waals surface area contributed by atoms with E-state index in [0.29, 0.717) is 13.0 Å². The summed E-state index contributed by atoms with van der Waals surface area (Å²) in [6, 6.07) is 9.11. The molecule has 33 heavy (non-hydrogen) atoms. The van der Waals surface area contributed by atoms with Crippen molar-refractivity contribution >= 4 is 29.3 Å². The number of hydrogen-bond donors (Lipinski definition) is 1. The fourth-order valence-corrected chi connectivity index (χ4v) is 4.21. The summed E-state index contributed by atoms with van der Waals surface area (Å²) in [6.45, 7) is 0.983. The van der Waals surface area contributed by atoms with E-state index in [1.54, 1.807) is 4.90 Å². The zero-order valence-corrected chi connectivity index (χ0v) is 18.7. The molecule has 0 aliphatic carbocycles. The smallest absolute Gasteiger partial charge is 0.332 e. The average Bonchev–Trinajstić information content (AvgIpc) is 3.43. The third-order valence-corrected chi connectivity index (χ3v) is 6.14. The number of nitrogens with two attached hydrogens (primary N) is 1. The van der Waals surface area contributed by atoms with Crippen molar-refractivity contribution in [3.8, 4) is 0 Å². The minimum atomic E-state index is -0.758. The number of nitrogens with zero attached hydrogens (tertiary/aromatic N) is 5. The fourth-order valence-electron chi connectivity index (χ4n) is 3.56. The molecular weight excluding hydrogens is 448 g/mol. The largest absolute Gasteiger partial charge is 0.414 e. The van der Waals surface area contributed by atoms with Gasteiger partial charge in [-0.05, 0) is 12.0 Å². The minimum absolute atomic E-state index is 0.0366. The summed E-state index contributed by atoms with van der Waals surface area (Å²) in [5, 5.41) is 7.93. The molecule has 0 saturated carbocycles. The number of nitrogen functional groups attached to an aromatic ring is 1. The van der Waals surface area contributed by atoms with Crippen molar-refractivity contribution in [3.05, 3.63) is 68.2 Å². The Morgan fingerprint density at radius 2 is 1.91 bits per heavy atom. The zero-order valence-electron chi connectivity index (χ0n) is 17.9. The Morgan fingerprint density at radius 1 is 1.15 bits per heavy atom. The summed E-state index contributed by atoms with van der Waals surface area (Å²) >= 11 is 0.956. The van der Waals surface area contributed by atoms with E-state index >= 15 is 0 Å². The lowest BCUT2D eigenvalue weighted by molar-refractivity contribution is -0.128. The second kappa shape index (κ2) is 9.45. The van der Waals surface area contributed by atoms with Gasteiger partial charge in [-0.15, -0.1) is 10.2 Å². The van der Waals surface area contributed by atoms with Gasteiger partial charge in [0, 0.05) is 20.0 Å². The number of carbonyl (C=O) groups is 2. The molecule has 2 aromatic heterocycles. The van der Waals surface area contributed by atoms with Crippen LogP contribution in [-0.4, -0.2) is 48.2 Å². The Morgan fingerprint density at radius 3 is 2.61 bits per heavy atom. The molecule has 0 unspecified atom stereocenters. The molecule has 4 rings (SSSR count). The van der Waals surface area contributed by atoms with Crippen molar-refractivity contribution in [2.45, 2.75) is 31.2 Å². The molecule has 1 aliphatic heterocycles. The first-order valence-electron chi connectivity index (χ1n) is 10.2. The van der Waals surface area contributed by atoms with Crippen LogP contribution in [0.1, 0.15) is 34.7 Å². The molecule has 0 spiro atoms. The van der Waals surface area contributed by atoms with Crippen molar-refractivity contribution in [1.29, 1.82) is 0 Å². The Hall–Kier alpha value is -3.67. The molecule has 0 radical (unpaired) electrons. The molecule has 172 valence electrons. The second-order valence-electron chi connectivity index (χ2n) is 7.57. The number of aromatic nitrogens is 4. The maximum Gasteiger partial charge on any atom is 0.332 e. The number of hydrogen-bond acceptors (Lipinski definition) is 9. The average molecular weight is 471 g/mol. The van der Waals surface area contributed by atoms with Gasteiger partial charge in [0.2, 0.25) is 11.8 Å². The number of carbonyl (C=O) groups excluding carboxylic acids is 2. The number of Topliss-reactive ketones (excluding diaryl/α,β-unsaturated/α-hetero) is 1. The van der Waals surface area contributed by atoms with Gasteiger partial charge in [-0.1, -0.05) is 42.1 Å². The van der Waals surface area contributed by atoms with Crippen LogP contribution in [0.25, 0.3) is 0 Å². The van der Waals surface area contributed by atoms with E-state index in [4.69, 9.17) is 10.2 Å². The molecule has 1 aliphatic rings. The summed E-state index contributed by atoms with van der Waals surface area (Å²) in [5.74, 6) is -0.625. The molecule has 11 nitrogen and oxygen atoms in total. The second-order valence-corrected chi connectivity index (χ2v) is 8.50. The summed E-state index contributed by atoms with van der Waals surface area (Å²) in [4.78, 5) is 51.5. The number of likely N-dealkylation sites (tertiary alicyclic amines) is 1. The van der Waals surface area contributed by atoms with Gasteiger partial charge in [0.1, 0.15) is 11.4 Å². The van der Waals surface area contributed by atoms with E-state index in [2.05, 4.69) is 10.2 Å². The van der Waals surface area contributed by atoms with Crippen LogP contribution in [-0.2, 0) is 24.9 Å². The first kappa shape index (κ1) is 22.5. The van der Waals surface area contributed by atoms with Crippen LogP contribution in [0, 0.1) is 0 Å². The molecule has 1 aromatic carbocycles. The van der Waals surface area contributed by atoms with Crippen LogP contribution < -0.4 is 17.0 Å². The maximum absolute atomic E-state index is 12.9. The van der Waals surface area contributed by atoms with Gasteiger partial charge in [-0.25, -0.2) is 4.79 Å². The van der Waals surface area contributed by atoms with Crippen molar-refractivity contribution in [2.24, 2.45) is 7.05 Å². The zero-order chi connectivity index (χ0) is 23.5. The van der Waals surface area contributed by atoms with Crippen molar-refractivity contribution in [1.82, 2.24) is 24.2 Å². The van der Waals surface area contributed by atoms with Gasteiger partial charge in [0.05, 0.1) is 18.8 Å². The summed E-state index contributed by atoms with van der Waals surface area (Å²) in [5.41, 5.74) is 5.28. The van der Waals surface area contributed by atoms with Crippen molar-refractivity contribution in [3.63, 3.8) is 0 Å². The van der Waals surface area contributed by atoms with Crippen LogP contribution in [0.15, 0.2) is 49.6 Å². The predicted octanol–water partition coefficient (Wildman–Crippen LogP) is 0.658. The topological polar surface area (TPSA) is 146 Å². The molecule has 3 aromatic rings. The lowest BCUT2D eigenvalue weighted by atomic mass is 10.2. The van der Waals surface area contributed by atoms with E-state index in [1.807, 2.05) is 30.3 Å². The third kappa shape index (κ3) is 4.75. The number of benzene rings is 1. The highest BCUT2D eigenvalue weighted by molar-refractivity contribution is 7.99. The standard InChI is InChI=1S/C21H22N6O5S/c1-25-19(30)17(18(22)27(21(25)31)10-13-6-3-2-4-7-13)14(28)12-33-20-24-23-15(32-20)11-26-9-5-8-16(26)29/h2-4,6-7H,5,8-12,22H2,1H3. The lowest BCUT2D eigenvalue weighted by Gasteiger charge is -2.14. The van der Waals surface area contributed by atoms with Crippen LogP contribution in [0.3, 0.4) is 0 Å². The van der Waals surface area contributed by atoms with Crippen LogP contribution in [0.4, 0.5) is 5.82 Å². The monoisotopic (exact) mass is 470 g/mol. The summed E-state index contributed by atoms with van der Waals surface area (Å²) in [6.07, 6.45) is 1.30. The van der Waals surface area contributed by atoms with Gasteiger partial charge in [0.15, 0.2) is 5.78 Å². The molecule has 1 fully saturated rings. The molecule has 12 heteroatoms. The highest BCUT2D eigenvalue weighted by Gasteiger charge is 2.24. The van der Waals surface area contributed by atoms with E-state index in [-0.39, 0.29) is 47.2 Å². The summed E-state index contributed by atoms with van der Waals surface area (Å²) < 4.78 is 7.58. The number of anilines is 1. The van der Waals surface area contributed by atoms with Crippen molar-refractivity contribution in [2.75, 3.05) is 18.0 Å². The Bertz CT molecular complexity index is 1310. The van der Waals surface area contributed by atoms with E-state index in [0.717, 1.165) is 28.3 Å². The number of ketones is 1. The first-order chi connectivity index (χ1) is 15.8. The maximum atomic E-state index is 12.9. The molecule has 1 amide bonds. The van der Waals surface area contributed by atoms with Crippen molar-refractivity contribution < 1.29 is 14.0 Å². The van der Waals surface area contributed by atoms with Crippen LogP contribution in [0.5, 0.6) is 0 Å². The normalized spacial score (nSPS) is 13.6. The highest BCUT2D eigenvalue weighted by Crippen LogP contribution is 2.20. The van der Waals surface area contributed by atoms with Gasteiger partial charge >= 0.3 is 5.69 Å². The van der Waals surface area contributed by atoms with Gasteiger partial charge in [0.25, 0.3) is 10.8 Å². The lowest BCUT2D eigenvalue weighted by Crippen LogP contribution is -2.43. The summed E-state index contributed by atoms with van der Waals surface area (Å²) in [7, 11) is 1.31. The molecule has 1 saturated heterocycles. The number of amides is 1. The quantitative estimate of drug-likeness (QED) is 0.370. The first-order valence-corrected chi connectivity index (χ1v) is 11.2. The van der Waals surface area contributed by atoms with E-state index in [9.17, 15) is 19.2 Å².